The van der Waals surface area contributed by atoms with Crippen LogP contribution in [0.3, 0.4) is 0 Å². The van der Waals surface area contributed by atoms with E-state index in [4.69, 9.17) is 0 Å². The maximum atomic E-state index is 12.0. The summed E-state index contributed by atoms with van der Waals surface area (Å²) in [6, 6.07) is 14.6. The zero-order chi connectivity index (χ0) is 12.3. The molecule has 17 heavy (non-hydrogen) atoms. The molecule has 0 unspecified atom stereocenters. The van der Waals surface area contributed by atoms with Crippen LogP contribution in [0, 0.1) is 6.92 Å². The molecular formula is C14H12F2O. The lowest BCUT2D eigenvalue weighted by molar-refractivity contribution is -0.0498. The van der Waals surface area contributed by atoms with E-state index >= 15 is 0 Å². The Morgan fingerprint density at radius 2 is 1.29 bits per heavy atom. The average molecular weight is 234 g/mol. The van der Waals surface area contributed by atoms with Crippen LogP contribution in [0.5, 0.6) is 5.75 Å². The Labute approximate surface area is 98.7 Å². The molecule has 0 N–H and O–H groups in total. The van der Waals surface area contributed by atoms with Gasteiger partial charge in [0.05, 0.1) is 0 Å². The summed E-state index contributed by atoms with van der Waals surface area (Å²) >= 11 is 0. The summed E-state index contributed by atoms with van der Waals surface area (Å²) < 4.78 is 28.2. The number of hydrogen-bond donors (Lipinski definition) is 0. The highest BCUT2D eigenvalue weighted by molar-refractivity contribution is 5.64. The van der Waals surface area contributed by atoms with E-state index in [1.54, 1.807) is 24.3 Å². The normalized spacial score (nSPS) is 10.6. The molecule has 2 aromatic rings. The number of rotatable bonds is 3. The third kappa shape index (κ3) is 3.03. The minimum absolute atomic E-state index is 0.177. The summed E-state index contributed by atoms with van der Waals surface area (Å²) in [7, 11) is 0. The van der Waals surface area contributed by atoms with Crippen molar-refractivity contribution in [2.24, 2.45) is 0 Å². The van der Waals surface area contributed by atoms with Crippen molar-refractivity contribution in [2.45, 2.75) is 13.5 Å². The van der Waals surface area contributed by atoms with Crippen LogP contribution in [0.2, 0.25) is 0 Å². The van der Waals surface area contributed by atoms with Crippen LogP contribution in [0.25, 0.3) is 11.1 Å². The van der Waals surface area contributed by atoms with Gasteiger partial charge < -0.3 is 4.74 Å². The summed E-state index contributed by atoms with van der Waals surface area (Å²) in [6.07, 6.45) is 0. The van der Waals surface area contributed by atoms with Crippen molar-refractivity contribution in [2.75, 3.05) is 0 Å². The van der Waals surface area contributed by atoms with Crippen molar-refractivity contribution in [3.05, 3.63) is 54.1 Å². The minimum atomic E-state index is -2.78. The molecule has 0 saturated heterocycles. The highest BCUT2D eigenvalue weighted by atomic mass is 19.3. The molecule has 2 aromatic carbocycles. The van der Waals surface area contributed by atoms with Gasteiger partial charge in [0.25, 0.3) is 0 Å². The molecule has 0 amide bonds. The summed E-state index contributed by atoms with van der Waals surface area (Å²) in [5.74, 6) is 0.177. The van der Waals surface area contributed by atoms with Crippen molar-refractivity contribution >= 4 is 0 Å². The van der Waals surface area contributed by atoms with Crippen LogP contribution >= 0.6 is 0 Å². The molecule has 0 aromatic heterocycles. The molecule has 1 nitrogen and oxygen atoms in total. The molecule has 0 saturated carbocycles. The first-order valence-electron chi connectivity index (χ1n) is 5.27. The molecule has 0 atom stereocenters. The molecule has 0 aliphatic heterocycles. The van der Waals surface area contributed by atoms with Gasteiger partial charge >= 0.3 is 6.61 Å². The fraction of sp³-hybridized carbons (Fsp3) is 0.143. The lowest BCUT2D eigenvalue weighted by Gasteiger charge is -2.06. The number of aryl methyl sites for hydroxylation is 1. The van der Waals surface area contributed by atoms with E-state index in [9.17, 15) is 8.78 Å². The lowest BCUT2D eigenvalue weighted by Crippen LogP contribution is -2.01. The average Bonchev–Trinajstić information content (AvgIpc) is 2.30. The number of alkyl halides is 2. The molecule has 0 aliphatic rings. The van der Waals surface area contributed by atoms with Crippen LogP contribution < -0.4 is 4.74 Å². The Morgan fingerprint density at radius 3 is 1.76 bits per heavy atom. The second-order valence-electron chi connectivity index (χ2n) is 3.77. The Bertz CT molecular complexity index is 475. The van der Waals surface area contributed by atoms with Crippen molar-refractivity contribution in [3.63, 3.8) is 0 Å². The van der Waals surface area contributed by atoms with Crippen molar-refractivity contribution < 1.29 is 13.5 Å². The maximum Gasteiger partial charge on any atom is 0.387 e. The first kappa shape index (κ1) is 11.6. The molecule has 0 spiro atoms. The van der Waals surface area contributed by atoms with Crippen LogP contribution in [0.15, 0.2) is 48.5 Å². The number of hydrogen-bond acceptors (Lipinski definition) is 1. The number of ether oxygens (including phenoxy) is 1. The molecule has 3 heteroatoms. The van der Waals surface area contributed by atoms with Crippen LogP contribution in [0.1, 0.15) is 5.56 Å². The molecule has 0 bridgehead atoms. The largest absolute Gasteiger partial charge is 0.435 e. The van der Waals surface area contributed by atoms with Crippen LogP contribution in [-0.4, -0.2) is 6.61 Å². The van der Waals surface area contributed by atoms with Gasteiger partial charge in [-0.1, -0.05) is 42.0 Å². The maximum absolute atomic E-state index is 12.0. The zero-order valence-corrected chi connectivity index (χ0v) is 9.36. The monoisotopic (exact) mass is 234 g/mol. The number of benzene rings is 2. The van der Waals surface area contributed by atoms with Gasteiger partial charge in [-0.05, 0) is 30.2 Å². The van der Waals surface area contributed by atoms with Gasteiger partial charge in [0.15, 0.2) is 0 Å². The van der Waals surface area contributed by atoms with Gasteiger partial charge in [0.1, 0.15) is 5.75 Å². The van der Waals surface area contributed by atoms with E-state index in [-0.39, 0.29) is 5.75 Å². The van der Waals surface area contributed by atoms with Crippen molar-refractivity contribution in [3.8, 4) is 16.9 Å². The topological polar surface area (TPSA) is 9.23 Å². The summed E-state index contributed by atoms with van der Waals surface area (Å²) in [6.45, 7) is -0.760. The summed E-state index contributed by atoms with van der Waals surface area (Å²) in [5, 5.41) is 0. The molecular weight excluding hydrogens is 222 g/mol. The Balaban J connectivity index is 2.20. The van der Waals surface area contributed by atoms with Crippen molar-refractivity contribution in [1.29, 1.82) is 0 Å². The van der Waals surface area contributed by atoms with Gasteiger partial charge in [0, 0.05) is 0 Å². The molecule has 0 radical (unpaired) electrons. The predicted octanol–water partition coefficient (Wildman–Crippen LogP) is 4.26. The fourth-order valence-corrected chi connectivity index (χ4v) is 1.57. The third-order valence-corrected chi connectivity index (χ3v) is 2.46. The van der Waals surface area contributed by atoms with Gasteiger partial charge in [-0.15, -0.1) is 0 Å². The van der Waals surface area contributed by atoms with Crippen LogP contribution in [0.4, 0.5) is 8.78 Å². The van der Waals surface area contributed by atoms with Gasteiger partial charge in [-0.25, -0.2) is 0 Å². The van der Waals surface area contributed by atoms with E-state index in [2.05, 4.69) is 4.74 Å². The molecule has 0 fully saturated rings. The Kier molecular flexibility index (Phi) is 3.38. The summed E-state index contributed by atoms with van der Waals surface area (Å²) in [4.78, 5) is 0. The van der Waals surface area contributed by atoms with E-state index in [0.717, 1.165) is 11.1 Å². The highest BCUT2D eigenvalue weighted by Crippen LogP contribution is 2.23. The van der Waals surface area contributed by atoms with E-state index in [1.165, 1.54) is 5.56 Å². The van der Waals surface area contributed by atoms with Gasteiger partial charge in [-0.3, -0.25) is 0 Å². The SMILES string of the molecule is Cc1ccc(-c2ccc(OC(F)F)cc2)cc1. The van der Waals surface area contributed by atoms with E-state index in [0.29, 0.717) is 0 Å². The van der Waals surface area contributed by atoms with Gasteiger partial charge in [0.2, 0.25) is 0 Å². The zero-order valence-electron chi connectivity index (χ0n) is 9.36. The number of halogens is 2. The quantitative estimate of drug-likeness (QED) is 0.770. The molecule has 88 valence electrons. The minimum Gasteiger partial charge on any atom is -0.435 e. The standard InChI is InChI=1S/C14H12F2O/c1-10-2-4-11(5-3-10)12-6-8-13(9-7-12)17-14(15)16/h2-9,14H,1H3. The van der Waals surface area contributed by atoms with Crippen molar-refractivity contribution in [1.82, 2.24) is 0 Å². The first-order valence-corrected chi connectivity index (χ1v) is 5.27. The smallest absolute Gasteiger partial charge is 0.387 e. The predicted molar refractivity (Wildman–Crippen MR) is 63.2 cm³/mol. The van der Waals surface area contributed by atoms with Gasteiger partial charge in [-0.2, -0.15) is 8.78 Å². The Morgan fingerprint density at radius 1 is 0.824 bits per heavy atom. The summed E-state index contributed by atoms with van der Waals surface area (Å²) in [5.41, 5.74) is 3.22. The van der Waals surface area contributed by atoms with Crippen LogP contribution in [-0.2, 0) is 0 Å². The second-order valence-corrected chi connectivity index (χ2v) is 3.77. The third-order valence-electron chi connectivity index (χ3n) is 2.46. The Hall–Kier alpha value is -1.90. The fourth-order valence-electron chi connectivity index (χ4n) is 1.57. The van der Waals surface area contributed by atoms with E-state index < -0.39 is 6.61 Å². The molecule has 0 heterocycles. The molecule has 0 aliphatic carbocycles. The molecule has 2 rings (SSSR count). The van der Waals surface area contributed by atoms with E-state index in [1.807, 2.05) is 31.2 Å². The highest BCUT2D eigenvalue weighted by Gasteiger charge is 2.04. The second kappa shape index (κ2) is 4.95. The first-order chi connectivity index (χ1) is 8.15. The lowest BCUT2D eigenvalue weighted by atomic mass is 10.0.